The molecule has 1 heterocycles. The number of ether oxygens (including phenoxy) is 3. The second-order valence-electron chi connectivity index (χ2n) is 6.76. The van der Waals surface area contributed by atoms with Crippen LogP contribution in [0.1, 0.15) is 30.6 Å². The van der Waals surface area contributed by atoms with Crippen molar-refractivity contribution in [3.8, 4) is 17.2 Å². The summed E-state index contributed by atoms with van der Waals surface area (Å²) in [6, 6.07) is 15.1. The van der Waals surface area contributed by atoms with Gasteiger partial charge in [0.2, 0.25) is 0 Å². The Morgan fingerprint density at radius 3 is 2.40 bits per heavy atom. The number of carbonyl (C=O) groups is 1. The summed E-state index contributed by atoms with van der Waals surface area (Å²) in [6.45, 7) is 2.14. The molecule has 7 heteroatoms. The molecule has 30 heavy (non-hydrogen) atoms. The molecule has 0 saturated heterocycles. The average molecular weight is 409 g/mol. The molecule has 0 aliphatic rings. The second-order valence-corrected chi connectivity index (χ2v) is 6.76. The molecule has 1 N–H and O–H groups in total. The summed E-state index contributed by atoms with van der Waals surface area (Å²) in [7, 11) is 4.68. The molecule has 1 aromatic heterocycles. The number of benzene rings is 2. The van der Waals surface area contributed by atoms with Crippen LogP contribution >= 0.6 is 0 Å². The van der Waals surface area contributed by atoms with Crippen molar-refractivity contribution in [1.82, 2.24) is 9.78 Å². The van der Waals surface area contributed by atoms with Crippen molar-refractivity contribution < 1.29 is 19.0 Å². The highest BCUT2D eigenvalue weighted by Crippen LogP contribution is 2.30. The maximum atomic E-state index is 12.9. The van der Waals surface area contributed by atoms with Gasteiger partial charge >= 0.3 is 0 Å². The Labute approximate surface area is 176 Å². The first-order valence-electron chi connectivity index (χ1n) is 9.80. The standard InChI is InChI=1S/C23H27N3O4/c1-5-6-16-7-9-17(10-8-16)22(30-4)23(27)25-21-13-14-24-26(21)18-11-12-19(28-2)20(15-18)29-3/h7-15,22H,5-6H2,1-4H3,(H,25,27). The number of rotatable bonds is 9. The van der Waals surface area contributed by atoms with Gasteiger partial charge < -0.3 is 19.5 Å². The molecular weight excluding hydrogens is 382 g/mol. The molecule has 0 aliphatic heterocycles. The monoisotopic (exact) mass is 409 g/mol. The average Bonchev–Trinajstić information content (AvgIpc) is 3.23. The number of anilines is 1. The van der Waals surface area contributed by atoms with Gasteiger partial charge in [0.25, 0.3) is 5.91 Å². The number of methoxy groups -OCH3 is 3. The van der Waals surface area contributed by atoms with Crippen LogP contribution in [0, 0.1) is 0 Å². The molecule has 3 rings (SSSR count). The molecule has 1 unspecified atom stereocenters. The lowest BCUT2D eigenvalue weighted by Crippen LogP contribution is -2.24. The largest absolute Gasteiger partial charge is 0.493 e. The van der Waals surface area contributed by atoms with E-state index in [1.807, 2.05) is 30.3 Å². The highest BCUT2D eigenvalue weighted by atomic mass is 16.5. The first-order chi connectivity index (χ1) is 14.6. The van der Waals surface area contributed by atoms with Gasteiger partial charge in [0.05, 0.1) is 26.1 Å². The molecule has 0 bridgehead atoms. The molecular formula is C23H27N3O4. The van der Waals surface area contributed by atoms with Gasteiger partial charge in [0.1, 0.15) is 5.82 Å². The lowest BCUT2D eigenvalue weighted by Gasteiger charge is -2.17. The van der Waals surface area contributed by atoms with E-state index in [0.717, 1.165) is 24.1 Å². The van der Waals surface area contributed by atoms with Crippen LogP contribution in [-0.4, -0.2) is 37.0 Å². The first kappa shape index (κ1) is 21.4. The summed E-state index contributed by atoms with van der Waals surface area (Å²) in [5.74, 6) is 1.44. The molecule has 0 fully saturated rings. The van der Waals surface area contributed by atoms with Crippen LogP contribution in [0.25, 0.3) is 5.69 Å². The Bertz CT molecular complexity index is 982. The van der Waals surface area contributed by atoms with E-state index in [1.54, 1.807) is 43.3 Å². The van der Waals surface area contributed by atoms with Gasteiger partial charge in [-0.25, -0.2) is 4.68 Å². The Morgan fingerprint density at radius 2 is 1.77 bits per heavy atom. The smallest absolute Gasteiger partial charge is 0.259 e. The number of carbonyl (C=O) groups excluding carboxylic acids is 1. The summed E-state index contributed by atoms with van der Waals surface area (Å²) in [4.78, 5) is 12.9. The summed E-state index contributed by atoms with van der Waals surface area (Å²) in [5, 5.41) is 7.23. The van der Waals surface area contributed by atoms with Crippen molar-refractivity contribution in [3.05, 3.63) is 65.9 Å². The van der Waals surface area contributed by atoms with Crippen LogP contribution in [0.2, 0.25) is 0 Å². The van der Waals surface area contributed by atoms with E-state index in [4.69, 9.17) is 14.2 Å². The minimum absolute atomic E-state index is 0.275. The number of nitrogens with one attached hydrogen (secondary N) is 1. The topological polar surface area (TPSA) is 74.6 Å². The Morgan fingerprint density at radius 1 is 1.03 bits per heavy atom. The van der Waals surface area contributed by atoms with Crippen LogP contribution in [0.5, 0.6) is 11.5 Å². The van der Waals surface area contributed by atoms with Gasteiger partial charge in [-0.3, -0.25) is 4.79 Å². The molecule has 3 aromatic rings. The van der Waals surface area contributed by atoms with Crippen molar-refractivity contribution in [2.45, 2.75) is 25.9 Å². The fraction of sp³-hybridized carbons (Fsp3) is 0.304. The lowest BCUT2D eigenvalue weighted by molar-refractivity contribution is -0.126. The van der Waals surface area contributed by atoms with Crippen molar-refractivity contribution >= 4 is 11.7 Å². The molecule has 0 saturated carbocycles. The third-order valence-electron chi connectivity index (χ3n) is 4.80. The predicted molar refractivity (Wildman–Crippen MR) is 115 cm³/mol. The van der Waals surface area contributed by atoms with Gasteiger partial charge in [-0.15, -0.1) is 0 Å². The lowest BCUT2D eigenvalue weighted by atomic mass is 10.0. The van der Waals surface area contributed by atoms with Gasteiger partial charge in [0.15, 0.2) is 17.6 Å². The van der Waals surface area contributed by atoms with E-state index in [0.29, 0.717) is 17.3 Å². The number of nitrogens with zero attached hydrogens (tertiary/aromatic N) is 2. The quantitative estimate of drug-likeness (QED) is 0.574. The number of hydrogen-bond donors (Lipinski definition) is 1. The molecule has 0 radical (unpaired) electrons. The van der Waals surface area contributed by atoms with Gasteiger partial charge in [0, 0.05) is 19.2 Å². The van der Waals surface area contributed by atoms with Crippen molar-refractivity contribution in [2.75, 3.05) is 26.6 Å². The van der Waals surface area contributed by atoms with Crippen molar-refractivity contribution in [2.24, 2.45) is 0 Å². The van der Waals surface area contributed by atoms with E-state index >= 15 is 0 Å². The number of aryl methyl sites for hydroxylation is 1. The zero-order valence-corrected chi connectivity index (χ0v) is 17.7. The highest BCUT2D eigenvalue weighted by Gasteiger charge is 2.22. The van der Waals surface area contributed by atoms with Crippen molar-refractivity contribution in [3.63, 3.8) is 0 Å². The van der Waals surface area contributed by atoms with Crippen molar-refractivity contribution in [1.29, 1.82) is 0 Å². The fourth-order valence-corrected chi connectivity index (χ4v) is 3.29. The zero-order chi connectivity index (χ0) is 21.5. The third-order valence-corrected chi connectivity index (χ3v) is 4.80. The SMILES string of the molecule is CCCc1ccc(C(OC)C(=O)Nc2ccnn2-c2ccc(OC)c(OC)c2)cc1. The summed E-state index contributed by atoms with van der Waals surface area (Å²) in [5.41, 5.74) is 2.76. The number of aromatic nitrogens is 2. The first-order valence-corrected chi connectivity index (χ1v) is 9.80. The second kappa shape index (κ2) is 9.93. The van der Waals surface area contributed by atoms with Crippen LogP contribution in [-0.2, 0) is 16.0 Å². The Kier molecular flexibility index (Phi) is 7.08. The maximum Gasteiger partial charge on any atom is 0.259 e. The fourth-order valence-electron chi connectivity index (χ4n) is 3.29. The van der Waals surface area contributed by atoms with E-state index in [1.165, 1.54) is 12.7 Å². The van der Waals surface area contributed by atoms with Gasteiger partial charge in [-0.05, 0) is 29.7 Å². The van der Waals surface area contributed by atoms with E-state index in [-0.39, 0.29) is 5.91 Å². The van der Waals surface area contributed by atoms with Crippen LogP contribution < -0.4 is 14.8 Å². The van der Waals surface area contributed by atoms with Crippen LogP contribution in [0.3, 0.4) is 0 Å². The minimum Gasteiger partial charge on any atom is -0.493 e. The third kappa shape index (κ3) is 4.63. The van der Waals surface area contributed by atoms with Crippen LogP contribution in [0.15, 0.2) is 54.7 Å². The van der Waals surface area contributed by atoms with Gasteiger partial charge in [-0.1, -0.05) is 37.6 Å². The molecule has 1 amide bonds. The molecule has 2 aromatic carbocycles. The molecule has 7 nitrogen and oxygen atoms in total. The van der Waals surface area contributed by atoms with E-state index in [2.05, 4.69) is 17.3 Å². The van der Waals surface area contributed by atoms with E-state index < -0.39 is 6.10 Å². The van der Waals surface area contributed by atoms with Crippen LogP contribution in [0.4, 0.5) is 5.82 Å². The minimum atomic E-state index is -0.727. The number of hydrogen-bond acceptors (Lipinski definition) is 5. The summed E-state index contributed by atoms with van der Waals surface area (Å²) >= 11 is 0. The Hall–Kier alpha value is -3.32. The highest BCUT2D eigenvalue weighted by molar-refractivity contribution is 5.94. The number of amides is 1. The molecule has 0 aliphatic carbocycles. The summed E-state index contributed by atoms with van der Waals surface area (Å²) < 4.78 is 17.7. The van der Waals surface area contributed by atoms with E-state index in [9.17, 15) is 4.79 Å². The normalized spacial score (nSPS) is 11.7. The molecule has 0 spiro atoms. The predicted octanol–water partition coefficient (Wildman–Crippen LogP) is 4.17. The maximum absolute atomic E-state index is 12.9. The van der Waals surface area contributed by atoms with Gasteiger partial charge in [-0.2, -0.15) is 5.10 Å². The molecule has 1 atom stereocenters. The molecule has 158 valence electrons. The zero-order valence-electron chi connectivity index (χ0n) is 17.7. The Balaban J connectivity index is 1.81. The summed E-state index contributed by atoms with van der Waals surface area (Å²) in [6.07, 6.45) is 2.98.